The number of β-amino-alcohol motifs (C(OH)–C–C–N with tert-alkyl or cyclic N) is 1. The minimum Gasteiger partial charge on any atom is -0.394 e. The van der Waals surface area contributed by atoms with E-state index in [1.54, 1.807) is 6.20 Å². The summed E-state index contributed by atoms with van der Waals surface area (Å²) in [5.74, 6) is 0.261. The monoisotopic (exact) mass is 413 g/mol. The number of nitrogens with zero attached hydrogens (tertiary/aromatic N) is 5. The van der Waals surface area contributed by atoms with Crippen LogP contribution in [0.4, 0.5) is 0 Å². The maximum atomic E-state index is 12.1. The van der Waals surface area contributed by atoms with Gasteiger partial charge in [0.05, 0.1) is 25.8 Å². The van der Waals surface area contributed by atoms with Gasteiger partial charge in [-0.3, -0.25) is 13.8 Å². The van der Waals surface area contributed by atoms with Crippen LogP contribution >= 0.6 is 0 Å². The molecule has 160 valence electrons. The Bertz CT molecular complexity index is 988. The number of likely N-dealkylation sites (tertiary alicyclic amines) is 1. The van der Waals surface area contributed by atoms with E-state index in [4.69, 9.17) is 4.52 Å². The second-order valence-corrected chi connectivity index (χ2v) is 7.68. The third-order valence-corrected chi connectivity index (χ3v) is 5.65. The quantitative estimate of drug-likeness (QED) is 0.565. The van der Waals surface area contributed by atoms with Crippen molar-refractivity contribution in [3.05, 3.63) is 58.8 Å². The van der Waals surface area contributed by atoms with Crippen molar-refractivity contribution in [2.45, 2.75) is 38.0 Å². The Morgan fingerprint density at radius 2 is 1.90 bits per heavy atom. The van der Waals surface area contributed by atoms with E-state index in [2.05, 4.69) is 15.2 Å². The summed E-state index contributed by atoms with van der Waals surface area (Å²) >= 11 is 0. The van der Waals surface area contributed by atoms with Crippen molar-refractivity contribution in [3.8, 4) is 11.4 Å². The van der Waals surface area contributed by atoms with Crippen LogP contribution in [0.5, 0.6) is 0 Å². The molecule has 0 saturated carbocycles. The van der Waals surface area contributed by atoms with Crippen LogP contribution < -0.4 is 5.76 Å². The van der Waals surface area contributed by atoms with Gasteiger partial charge in [-0.05, 0) is 32.0 Å². The molecule has 3 heterocycles. The molecule has 30 heavy (non-hydrogen) atoms. The third-order valence-electron chi connectivity index (χ3n) is 5.65. The predicted octanol–water partition coefficient (Wildman–Crippen LogP) is 0.933. The van der Waals surface area contributed by atoms with Crippen molar-refractivity contribution in [1.29, 1.82) is 0 Å². The Hall–Kier alpha value is -2.75. The van der Waals surface area contributed by atoms with Crippen molar-refractivity contribution < 1.29 is 14.7 Å². The highest BCUT2D eigenvalue weighted by atomic mass is 16.5. The molecular weight excluding hydrogens is 386 g/mol. The highest BCUT2D eigenvalue weighted by Gasteiger charge is 2.25. The first-order chi connectivity index (χ1) is 14.7. The molecule has 1 aromatic carbocycles. The van der Waals surface area contributed by atoms with E-state index < -0.39 is 11.9 Å². The van der Waals surface area contributed by atoms with Crippen LogP contribution in [0.3, 0.4) is 0 Å². The van der Waals surface area contributed by atoms with Gasteiger partial charge in [0.2, 0.25) is 0 Å². The van der Waals surface area contributed by atoms with Gasteiger partial charge >= 0.3 is 5.76 Å². The Balaban J connectivity index is 1.34. The second kappa shape index (κ2) is 9.38. The van der Waals surface area contributed by atoms with Gasteiger partial charge in [0, 0.05) is 29.9 Å². The molecule has 1 fully saturated rings. The van der Waals surface area contributed by atoms with Gasteiger partial charge in [-0.15, -0.1) is 0 Å². The van der Waals surface area contributed by atoms with Crippen LogP contribution in [0, 0.1) is 0 Å². The number of hydrogen-bond donors (Lipinski definition) is 2. The van der Waals surface area contributed by atoms with Gasteiger partial charge in [0.1, 0.15) is 0 Å². The first kappa shape index (κ1) is 20.5. The number of hydrogen-bond acceptors (Lipinski definition) is 7. The van der Waals surface area contributed by atoms with Gasteiger partial charge in [0.15, 0.2) is 5.82 Å². The maximum Gasteiger partial charge on any atom is 0.441 e. The van der Waals surface area contributed by atoms with E-state index in [1.165, 1.54) is 4.57 Å². The van der Waals surface area contributed by atoms with E-state index in [-0.39, 0.29) is 13.2 Å². The molecule has 1 aliphatic rings. The molecule has 0 bridgehead atoms. The fourth-order valence-corrected chi connectivity index (χ4v) is 4.17. The maximum absolute atomic E-state index is 12.1. The molecule has 2 aromatic heterocycles. The van der Waals surface area contributed by atoms with Crippen LogP contribution in [0.1, 0.15) is 24.5 Å². The predicted molar refractivity (Wildman–Crippen MR) is 110 cm³/mol. The zero-order valence-corrected chi connectivity index (χ0v) is 16.8. The van der Waals surface area contributed by atoms with Crippen molar-refractivity contribution in [3.63, 3.8) is 0 Å². The van der Waals surface area contributed by atoms with Crippen molar-refractivity contribution in [2.24, 2.45) is 0 Å². The van der Waals surface area contributed by atoms with Crippen molar-refractivity contribution in [2.75, 3.05) is 26.2 Å². The van der Waals surface area contributed by atoms with Crippen LogP contribution in [0.2, 0.25) is 0 Å². The Morgan fingerprint density at radius 1 is 1.13 bits per heavy atom. The smallest absolute Gasteiger partial charge is 0.394 e. The molecule has 9 nitrogen and oxygen atoms in total. The lowest BCUT2D eigenvalue weighted by molar-refractivity contribution is 0.0830. The molecule has 0 spiro atoms. The van der Waals surface area contributed by atoms with E-state index in [0.29, 0.717) is 24.8 Å². The van der Waals surface area contributed by atoms with E-state index >= 15 is 0 Å². The van der Waals surface area contributed by atoms with Crippen LogP contribution in [0.15, 0.2) is 51.9 Å². The molecule has 1 unspecified atom stereocenters. The minimum atomic E-state index is -0.707. The van der Waals surface area contributed by atoms with Gasteiger partial charge < -0.3 is 15.1 Å². The fourth-order valence-electron chi connectivity index (χ4n) is 4.17. The van der Waals surface area contributed by atoms with Gasteiger partial charge in [-0.1, -0.05) is 35.5 Å². The summed E-state index contributed by atoms with van der Waals surface area (Å²) in [6.45, 7) is 2.92. The second-order valence-electron chi connectivity index (χ2n) is 7.68. The molecule has 0 amide bonds. The molecule has 1 saturated heterocycles. The number of benzene rings is 1. The van der Waals surface area contributed by atoms with E-state index in [0.717, 1.165) is 37.2 Å². The van der Waals surface area contributed by atoms with Crippen LogP contribution in [0.25, 0.3) is 11.4 Å². The normalized spacial score (nSPS) is 16.7. The van der Waals surface area contributed by atoms with E-state index in [9.17, 15) is 15.0 Å². The zero-order chi connectivity index (χ0) is 20.9. The Kier molecular flexibility index (Phi) is 6.41. The molecule has 2 N–H and O–H groups in total. The standard InChI is InChI=1S/C21H27N5O4/c27-13-12-26-19(6-9-22-26)16-7-10-24(11-8-16)14-18(28)15-25-20(23-30-21(25)29)17-4-2-1-3-5-17/h1-6,9,16,18,27-28H,7-8,10-15H2. The van der Waals surface area contributed by atoms with Gasteiger partial charge in [-0.2, -0.15) is 5.10 Å². The lowest BCUT2D eigenvalue weighted by Crippen LogP contribution is -2.40. The average Bonchev–Trinajstić information content (AvgIpc) is 3.37. The molecule has 0 aliphatic carbocycles. The molecule has 3 aromatic rings. The molecular formula is C21H27N5O4. The summed E-state index contributed by atoms with van der Waals surface area (Å²) < 4.78 is 8.10. The van der Waals surface area contributed by atoms with Gasteiger partial charge in [-0.25, -0.2) is 4.79 Å². The Morgan fingerprint density at radius 3 is 2.63 bits per heavy atom. The summed E-state index contributed by atoms with van der Waals surface area (Å²) in [5.41, 5.74) is 1.93. The summed E-state index contributed by atoms with van der Waals surface area (Å²) in [6.07, 6.45) is 3.00. The van der Waals surface area contributed by atoms with Crippen LogP contribution in [-0.2, 0) is 13.1 Å². The highest BCUT2D eigenvalue weighted by molar-refractivity contribution is 5.54. The fraction of sp³-hybridized carbons (Fsp3) is 0.476. The SMILES string of the molecule is O=c1onc(-c2ccccc2)n1CC(O)CN1CCC(c2ccnn2CCO)CC1. The summed E-state index contributed by atoms with van der Waals surface area (Å²) in [4.78, 5) is 14.3. The lowest BCUT2D eigenvalue weighted by Gasteiger charge is -2.33. The Labute approximate surface area is 174 Å². The third kappa shape index (κ3) is 4.53. The summed E-state index contributed by atoms with van der Waals surface area (Å²) in [7, 11) is 0. The number of rotatable bonds is 8. The largest absolute Gasteiger partial charge is 0.441 e. The molecule has 0 radical (unpaired) electrons. The first-order valence-corrected chi connectivity index (χ1v) is 10.3. The minimum absolute atomic E-state index is 0.0763. The topological polar surface area (TPSA) is 110 Å². The van der Waals surface area contributed by atoms with Gasteiger partial charge in [0.25, 0.3) is 0 Å². The highest BCUT2D eigenvalue weighted by Crippen LogP contribution is 2.28. The number of aliphatic hydroxyl groups is 2. The summed E-state index contributed by atoms with van der Waals surface area (Å²) in [5, 5.41) is 28.0. The summed E-state index contributed by atoms with van der Waals surface area (Å²) in [6, 6.07) is 11.4. The average molecular weight is 413 g/mol. The number of piperidine rings is 1. The first-order valence-electron chi connectivity index (χ1n) is 10.3. The van der Waals surface area contributed by atoms with Crippen LogP contribution in [-0.4, -0.2) is 67.0 Å². The lowest BCUT2D eigenvalue weighted by atomic mass is 9.93. The van der Waals surface area contributed by atoms with Crippen molar-refractivity contribution >= 4 is 0 Å². The van der Waals surface area contributed by atoms with Crippen molar-refractivity contribution in [1.82, 2.24) is 24.4 Å². The number of aliphatic hydroxyl groups excluding tert-OH is 2. The molecule has 1 aliphatic heterocycles. The molecule has 1 atom stereocenters. The number of aromatic nitrogens is 4. The molecule has 9 heteroatoms. The van der Waals surface area contributed by atoms with E-state index in [1.807, 2.05) is 41.1 Å². The molecule has 4 rings (SSSR count). The zero-order valence-electron chi connectivity index (χ0n) is 16.8.